The molecule has 0 radical (unpaired) electrons. The molecule has 0 aliphatic heterocycles. The molecule has 17 heavy (non-hydrogen) atoms. The van der Waals surface area contributed by atoms with Gasteiger partial charge in [-0.2, -0.15) is 0 Å². The van der Waals surface area contributed by atoms with Crippen LogP contribution in [-0.4, -0.2) is 16.1 Å². The van der Waals surface area contributed by atoms with Gasteiger partial charge in [0.2, 0.25) is 0 Å². The average molecular weight is 330 g/mol. The number of halogens is 1. The maximum absolute atomic E-state index is 4.63. The van der Waals surface area contributed by atoms with Crippen molar-refractivity contribution in [2.75, 3.05) is 11.1 Å². The lowest BCUT2D eigenvalue weighted by Gasteiger charge is -2.07. The summed E-state index contributed by atoms with van der Waals surface area (Å²) in [7, 11) is 0. The highest BCUT2D eigenvalue weighted by Gasteiger charge is 2.05. The highest BCUT2D eigenvalue weighted by atomic mass is 79.9. The van der Waals surface area contributed by atoms with Gasteiger partial charge in [0.05, 0.1) is 10.2 Å². The second-order valence-electron chi connectivity index (χ2n) is 4.17. The number of alkyl halides is 1. The predicted octanol–water partition coefficient (Wildman–Crippen LogP) is 5.20. The summed E-state index contributed by atoms with van der Waals surface area (Å²) in [6.45, 7) is 2.32. The van der Waals surface area contributed by atoms with Gasteiger partial charge < -0.3 is 0 Å². The van der Waals surface area contributed by atoms with Gasteiger partial charge in [-0.3, -0.25) is 0 Å². The fourth-order valence-corrected chi connectivity index (χ4v) is 4.68. The van der Waals surface area contributed by atoms with Crippen molar-refractivity contribution in [2.45, 2.75) is 24.1 Å². The van der Waals surface area contributed by atoms with E-state index in [0.717, 1.165) is 16.8 Å². The number of nitrogens with zero attached hydrogens (tertiary/aromatic N) is 1. The SMILES string of the molecule is CC(CCBr)CCSc1nc2ccccc2s1. The van der Waals surface area contributed by atoms with Crippen molar-refractivity contribution >= 4 is 49.2 Å². The van der Waals surface area contributed by atoms with E-state index in [0.29, 0.717) is 0 Å². The lowest BCUT2D eigenvalue weighted by Crippen LogP contribution is -1.96. The molecule has 0 fully saturated rings. The molecule has 1 atom stereocenters. The molecule has 0 aliphatic carbocycles. The lowest BCUT2D eigenvalue weighted by atomic mass is 10.1. The fraction of sp³-hybridized carbons (Fsp3) is 0.462. The normalized spacial score (nSPS) is 13.1. The van der Waals surface area contributed by atoms with E-state index >= 15 is 0 Å². The van der Waals surface area contributed by atoms with Crippen LogP contribution < -0.4 is 0 Å². The van der Waals surface area contributed by atoms with E-state index in [4.69, 9.17) is 0 Å². The second-order valence-corrected chi connectivity index (χ2v) is 7.33. The van der Waals surface area contributed by atoms with Crippen LogP contribution in [0.15, 0.2) is 28.6 Å². The molecule has 1 aromatic heterocycles. The van der Waals surface area contributed by atoms with Gasteiger partial charge >= 0.3 is 0 Å². The Hall–Kier alpha value is -0.0600. The summed E-state index contributed by atoms with van der Waals surface area (Å²) in [4.78, 5) is 4.63. The third kappa shape index (κ3) is 3.97. The first-order valence-electron chi connectivity index (χ1n) is 5.84. The zero-order chi connectivity index (χ0) is 12.1. The first-order chi connectivity index (χ1) is 8.29. The van der Waals surface area contributed by atoms with Gasteiger partial charge in [-0.05, 0) is 30.9 Å². The Kier molecular flexibility index (Phi) is 5.32. The first-order valence-corrected chi connectivity index (χ1v) is 8.76. The second kappa shape index (κ2) is 6.76. The van der Waals surface area contributed by atoms with Crippen molar-refractivity contribution in [3.8, 4) is 0 Å². The van der Waals surface area contributed by atoms with Crippen LogP contribution in [0.3, 0.4) is 0 Å². The zero-order valence-corrected chi connectivity index (χ0v) is 13.1. The number of thiazole rings is 1. The van der Waals surface area contributed by atoms with Crippen molar-refractivity contribution in [1.29, 1.82) is 0 Å². The minimum Gasteiger partial charge on any atom is -0.230 e. The Labute approximate surface area is 119 Å². The van der Waals surface area contributed by atoms with Gasteiger partial charge in [-0.25, -0.2) is 4.98 Å². The molecule has 0 bridgehead atoms. The Morgan fingerprint density at radius 1 is 1.35 bits per heavy atom. The number of thioether (sulfide) groups is 1. The van der Waals surface area contributed by atoms with Crippen LogP contribution in [0.4, 0.5) is 0 Å². The summed E-state index contributed by atoms with van der Waals surface area (Å²) >= 11 is 7.19. The van der Waals surface area contributed by atoms with Crippen molar-refractivity contribution in [1.82, 2.24) is 4.98 Å². The van der Waals surface area contributed by atoms with E-state index in [9.17, 15) is 0 Å². The number of hydrogen-bond acceptors (Lipinski definition) is 3. The number of rotatable bonds is 6. The Balaban J connectivity index is 1.86. The van der Waals surface area contributed by atoms with Gasteiger partial charge in [-0.15, -0.1) is 11.3 Å². The molecule has 0 aliphatic rings. The summed E-state index contributed by atoms with van der Waals surface area (Å²) in [5, 5.41) is 1.11. The van der Waals surface area contributed by atoms with Gasteiger partial charge in [0.15, 0.2) is 4.34 Å². The Morgan fingerprint density at radius 2 is 2.18 bits per heavy atom. The monoisotopic (exact) mass is 329 g/mol. The molecule has 1 heterocycles. The highest BCUT2D eigenvalue weighted by Crippen LogP contribution is 2.30. The van der Waals surface area contributed by atoms with Crippen LogP contribution >= 0.6 is 39.0 Å². The van der Waals surface area contributed by atoms with Crippen LogP contribution in [-0.2, 0) is 0 Å². The largest absolute Gasteiger partial charge is 0.230 e. The van der Waals surface area contributed by atoms with Gasteiger partial charge in [0.1, 0.15) is 0 Å². The molecule has 4 heteroatoms. The maximum atomic E-state index is 4.63. The van der Waals surface area contributed by atoms with Crippen molar-refractivity contribution in [3.05, 3.63) is 24.3 Å². The topological polar surface area (TPSA) is 12.9 Å². The van der Waals surface area contributed by atoms with Crippen molar-refractivity contribution in [2.24, 2.45) is 5.92 Å². The molecular weight excluding hydrogens is 314 g/mol. The fourth-order valence-electron chi connectivity index (χ4n) is 1.59. The standard InChI is InChI=1S/C13H16BrNS2/c1-10(6-8-14)7-9-16-13-15-11-4-2-3-5-12(11)17-13/h2-5,10H,6-9H2,1H3. The third-order valence-electron chi connectivity index (χ3n) is 2.71. The molecule has 0 saturated heterocycles. The number of para-hydroxylation sites is 1. The molecule has 0 amide bonds. The molecule has 0 N–H and O–H groups in total. The minimum atomic E-state index is 0.802. The van der Waals surface area contributed by atoms with E-state index in [1.807, 2.05) is 11.8 Å². The maximum Gasteiger partial charge on any atom is 0.151 e. The average Bonchev–Trinajstić information content (AvgIpc) is 2.71. The molecule has 2 rings (SSSR count). The summed E-state index contributed by atoms with van der Waals surface area (Å²) < 4.78 is 2.50. The number of benzene rings is 1. The van der Waals surface area contributed by atoms with Crippen LogP contribution in [0.5, 0.6) is 0 Å². The van der Waals surface area contributed by atoms with Crippen LogP contribution in [0.25, 0.3) is 10.2 Å². The van der Waals surface area contributed by atoms with Crippen molar-refractivity contribution in [3.63, 3.8) is 0 Å². The number of fused-ring (bicyclic) bond motifs is 1. The zero-order valence-electron chi connectivity index (χ0n) is 9.86. The van der Waals surface area contributed by atoms with E-state index < -0.39 is 0 Å². The molecule has 1 aromatic carbocycles. The third-order valence-corrected chi connectivity index (χ3v) is 5.38. The van der Waals surface area contributed by atoms with Crippen molar-refractivity contribution < 1.29 is 0 Å². The van der Waals surface area contributed by atoms with Gasteiger partial charge in [0, 0.05) is 11.1 Å². The quantitative estimate of drug-likeness (QED) is 0.533. The van der Waals surface area contributed by atoms with E-state index in [-0.39, 0.29) is 0 Å². The smallest absolute Gasteiger partial charge is 0.151 e. The van der Waals surface area contributed by atoms with Crippen LogP contribution in [0, 0.1) is 5.92 Å². The molecular formula is C13H16BrNS2. The summed E-state index contributed by atoms with van der Waals surface area (Å²) in [5.74, 6) is 1.98. The molecule has 1 nitrogen and oxygen atoms in total. The van der Waals surface area contributed by atoms with E-state index in [2.05, 4.69) is 52.1 Å². The summed E-state index contributed by atoms with van der Waals surface area (Å²) in [6.07, 6.45) is 2.53. The minimum absolute atomic E-state index is 0.802. The summed E-state index contributed by atoms with van der Waals surface area (Å²) in [6, 6.07) is 8.36. The molecule has 0 saturated carbocycles. The highest BCUT2D eigenvalue weighted by molar-refractivity contribution is 9.09. The number of aromatic nitrogens is 1. The van der Waals surface area contributed by atoms with Gasteiger partial charge in [0.25, 0.3) is 0 Å². The molecule has 2 aromatic rings. The number of hydrogen-bond donors (Lipinski definition) is 0. The molecule has 0 spiro atoms. The Bertz CT molecular complexity index is 436. The molecule has 92 valence electrons. The van der Waals surface area contributed by atoms with Crippen LogP contribution in [0.1, 0.15) is 19.8 Å². The predicted molar refractivity (Wildman–Crippen MR) is 82.5 cm³/mol. The van der Waals surface area contributed by atoms with E-state index in [1.165, 1.54) is 27.6 Å². The Morgan fingerprint density at radius 3 is 2.94 bits per heavy atom. The lowest BCUT2D eigenvalue weighted by molar-refractivity contribution is 0.555. The summed E-state index contributed by atoms with van der Waals surface area (Å²) in [5.41, 5.74) is 1.13. The first kappa shape index (κ1) is 13.4. The van der Waals surface area contributed by atoms with Crippen LogP contribution in [0.2, 0.25) is 0 Å². The molecule has 1 unspecified atom stereocenters. The van der Waals surface area contributed by atoms with Gasteiger partial charge in [-0.1, -0.05) is 46.7 Å². The van der Waals surface area contributed by atoms with E-state index in [1.54, 1.807) is 11.3 Å².